The van der Waals surface area contributed by atoms with Crippen LogP contribution in [-0.4, -0.2) is 37.2 Å². The molecule has 0 aromatic heterocycles. The first kappa shape index (κ1) is 70.1. The van der Waals surface area contributed by atoms with Crippen LogP contribution in [0.2, 0.25) is 0 Å². The zero-order valence-corrected chi connectivity index (χ0v) is 48.3. The van der Waals surface area contributed by atoms with Gasteiger partial charge in [0.2, 0.25) is 0 Å². The van der Waals surface area contributed by atoms with Crippen molar-refractivity contribution in [2.75, 3.05) is 13.2 Å². The molecule has 0 saturated heterocycles. The quantitative estimate of drug-likeness (QED) is 0.0261. The summed E-state index contributed by atoms with van der Waals surface area (Å²) in [6.45, 7) is 6.45. The molecule has 0 saturated carbocycles. The Labute approximate surface area is 457 Å². The largest absolute Gasteiger partial charge is 0.462 e. The maximum Gasteiger partial charge on any atom is 0.306 e. The average Bonchev–Trinajstić information content (AvgIpc) is 3.40. The molecule has 0 rings (SSSR count). The fourth-order valence-electron chi connectivity index (χ4n) is 8.42. The molecule has 0 heterocycles. The molecule has 0 spiro atoms. The minimum Gasteiger partial charge on any atom is -0.462 e. The lowest BCUT2D eigenvalue weighted by molar-refractivity contribution is -0.166. The Morgan fingerprint density at radius 1 is 0.284 bits per heavy atom. The molecule has 0 fully saturated rings. The molecule has 0 radical (unpaired) electrons. The van der Waals surface area contributed by atoms with Gasteiger partial charge < -0.3 is 14.2 Å². The van der Waals surface area contributed by atoms with Gasteiger partial charge in [-0.25, -0.2) is 0 Å². The lowest BCUT2D eigenvalue weighted by Crippen LogP contribution is -2.30. The Hall–Kier alpha value is -3.93. The van der Waals surface area contributed by atoms with Gasteiger partial charge in [-0.1, -0.05) is 278 Å². The van der Waals surface area contributed by atoms with Crippen LogP contribution in [0.1, 0.15) is 284 Å². The number of hydrogen-bond acceptors (Lipinski definition) is 6. The van der Waals surface area contributed by atoms with E-state index in [0.717, 1.165) is 89.9 Å². The molecule has 6 nitrogen and oxygen atoms in total. The molecule has 1 atom stereocenters. The van der Waals surface area contributed by atoms with Crippen molar-refractivity contribution in [3.63, 3.8) is 0 Å². The average molecular weight is 1030 g/mol. The van der Waals surface area contributed by atoms with E-state index in [9.17, 15) is 14.4 Å². The number of carbonyl (C=O) groups excluding carboxylic acids is 3. The zero-order chi connectivity index (χ0) is 53.6. The van der Waals surface area contributed by atoms with Crippen LogP contribution in [0.15, 0.2) is 109 Å². The van der Waals surface area contributed by atoms with Gasteiger partial charge in [0.15, 0.2) is 6.10 Å². The molecule has 1 unspecified atom stereocenters. The third kappa shape index (κ3) is 59.0. The summed E-state index contributed by atoms with van der Waals surface area (Å²) in [5.41, 5.74) is 0. The van der Waals surface area contributed by atoms with E-state index in [1.54, 1.807) is 0 Å². The van der Waals surface area contributed by atoms with Crippen LogP contribution in [0.25, 0.3) is 0 Å². The number of esters is 3. The molecule has 6 heteroatoms. The molecular formula is C68H114O6. The minimum absolute atomic E-state index is 0.108. The van der Waals surface area contributed by atoms with Crippen molar-refractivity contribution in [1.29, 1.82) is 0 Å². The van der Waals surface area contributed by atoms with Gasteiger partial charge >= 0.3 is 17.9 Å². The molecule has 74 heavy (non-hydrogen) atoms. The van der Waals surface area contributed by atoms with Crippen molar-refractivity contribution in [2.45, 2.75) is 290 Å². The molecule has 0 aromatic rings. The fraction of sp³-hybridized carbons (Fsp3) is 0.691. The molecule has 0 aliphatic heterocycles. The maximum absolute atomic E-state index is 12.8. The lowest BCUT2D eigenvalue weighted by atomic mass is 10.0. The summed E-state index contributed by atoms with van der Waals surface area (Å²) in [5.74, 6) is -0.992. The van der Waals surface area contributed by atoms with Gasteiger partial charge in [-0.05, 0) is 96.3 Å². The third-order valence-electron chi connectivity index (χ3n) is 13.0. The van der Waals surface area contributed by atoms with Crippen LogP contribution in [0, 0.1) is 0 Å². The smallest absolute Gasteiger partial charge is 0.306 e. The molecule has 0 bridgehead atoms. The van der Waals surface area contributed by atoms with Gasteiger partial charge in [0.05, 0.1) is 0 Å². The van der Waals surface area contributed by atoms with E-state index in [0.29, 0.717) is 19.3 Å². The summed E-state index contributed by atoms with van der Waals surface area (Å²) < 4.78 is 16.8. The topological polar surface area (TPSA) is 78.9 Å². The highest BCUT2D eigenvalue weighted by molar-refractivity contribution is 5.71. The summed E-state index contributed by atoms with van der Waals surface area (Å²) >= 11 is 0. The number of ether oxygens (including phenoxy) is 3. The lowest BCUT2D eigenvalue weighted by Gasteiger charge is -2.18. The van der Waals surface area contributed by atoms with Crippen molar-refractivity contribution in [3.8, 4) is 0 Å². The van der Waals surface area contributed by atoms with Crippen molar-refractivity contribution in [2.24, 2.45) is 0 Å². The van der Waals surface area contributed by atoms with Crippen molar-refractivity contribution < 1.29 is 28.6 Å². The monoisotopic (exact) mass is 1030 g/mol. The summed E-state index contributed by atoms with van der Waals surface area (Å²) in [5, 5.41) is 0. The second-order valence-corrected chi connectivity index (χ2v) is 20.2. The minimum atomic E-state index is -0.819. The standard InChI is InChI=1S/C68H114O6/c1-4-7-10-13-16-19-22-24-26-28-30-31-32-33-34-35-36-37-39-40-42-44-46-49-52-55-58-61-67(70)73-64-65(63-72-66(69)60-57-54-51-48-21-18-15-12-9-6-3)74-68(71)62-59-56-53-50-47-45-43-41-38-29-27-25-23-20-17-14-11-8-5-2/h8,11,17,20,22,24-25,27-28,30,32-33,38,41,45,47,53,56,65H,4-7,9-10,12-16,18-19,21,23,26,29,31,34-37,39-40,42-44,46,48-52,54-55,57-64H2,1-3H3/b11-8-,20-17-,24-22-,27-25-,30-28-,33-32-,41-38-,47-45-,56-53-. The van der Waals surface area contributed by atoms with E-state index < -0.39 is 12.1 Å². The number of hydrogen-bond donors (Lipinski definition) is 0. The van der Waals surface area contributed by atoms with Crippen molar-refractivity contribution in [3.05, 3.63) is 109 Å². The van der Waals surface area contributed by atoms with Crippen LogP contribution < -0.4 is 0 Å². The fourth-order valence-corrected chi connectivity index (χ4v) is 8.42. The molecule has 422 valence electrons. The van der Waals surface area contributed by atoms with E-state index in [-0.39, 0.29) is 31.6 Å². The van der Waals surface area contributed by atoms with Crippen LogP contribution in [0.5, 0.6) is 0 Å². The Bertz CT molecular complexity index is 1510. The van der Waals surface area contributed by atoms with Gasteiger partial charge in [-0.3, -0.25) is 14.4 Å². The van der Waals surface area contributed by atoms with Gasteiger partial charge in [-0.2, -0.15) is 0 Å². The Morgan fingerprint density at radius 2 is 0.554 bits per heavy atom. The van der Waals surface area contributed by atoms with E-state index in [2.05, 4.69) is 124 Å². The first-order valence-electron chi connectivity index (χ1n) is 30.9. The van der Waals surface area contributed by atoms with Crippen LogP contribution in [-0.2, 0) is 28.6 Å². The number of rotatable bonds is 55. The molecule has 0 N–H and O–H groups in total. The zero-order valence-electron chi connectivity index (χ0n) is 48.3. The Morgan fingerprint density at radius 3 is 0.878 bits per heavy atom. The number of unbranched alkanes of at least 4 members (excludes halogenated alkanes) is 26. The predicted molar refractivity (Wildman–Crippen MR) is 320 cm³/mol. The highest BCUT2D eigenvalue weighted by atomic mass is 16.6. The van der Waals surface area contributed by atoms with E-state index >= 15 is 0 Å². The van der Waals surface area contributed by atoms with Gasteiger partial charge in [0, 0.05) is 19.3 Å². The van der Waals surface area contributed by atoms with Gasteiger partial charge in [-0.15, -0.1) is 0 Å². The van der Waals surface area contributed by atoms with Crippen LogP contribution >= 0.6 is 0 Å². The molecule has 0 aromatic carbocycles. The normalized spacial score (nSPS) is 12.9. The second kappa shape index (κ2) is 61.6. The summed E-state index contributed by atoms with van der Waals surface area (Å²) in [6, 6.07) is 0. The first-order chi connectivity index (χ1) is 36.5. The predicted octanol–water partition coefficient (Wildman–Crippen LogP) is 21.0. The highest BCUT2D eigenvalue weighted by Gasteiger charge is 2.19. The molecule has 0 aliphatic carbocycles. The summed E-state index contributed by atoms with van der Waals surface area (Å²) in [4.78, 5) is 38.1. The number of carbonyl (C=O) groups is 3. The van der Waals surface area contributed by atoms with Crippen LogP contribution in [0.3, 0.4) is 0 Å². The van der Waals surface area contributed by atoms with Crippen molar-refractivity contribution in [1.82, 2.24) is 0 Å². The van der Waals surface area contributed by atoms with Crippen molar-refractivity contribution >= 4 is 17.9 Å². The van der Waals surface area contributed by atoms with Gasteiger partial charge in [0.1, 0.15) is 13.2 Å². The maximum atomic E-state index is 12.8. The Kier molecular flexibility index (Phi) is 58.3. The highest BCUT2D eigenvalue weighted by Crippen LogP contribution is 2.15. The SMILES string of the molecule is CC/C=C\C/C=C\C/C=C\C/C=C\C/C=C\C/C=C\CCC(=O)OC(COC(=O)CCCCCCCCCCCC)COC(=O)CCCCCCCCCCCCCC/C=C\C/C=C\C/C=C\CCCCCCC. The number of allylic oxidation sites excluding steroid dienone is 18. The molecule has 0 amide bonds. The Balaban J connectivity index is 4.33. The molecular weight excluding hydrogens is 913 g/mol. The van der Waals surface area contributed by atoms with E-state index in [4.69, 9.17) is 14.2 Å². The summed E-state index contributed by atoms with van der Waals surface area (Å²) in [7, 11) is 0. The third-order valence-corrected chi connectivity index (χ3v) is 13.0. The van der Waals surface area contributed by atoms with Crippen LogP contribution in [0.4, 0.5) is 0 Å². The second-order valence-electron chi connectivity index (χ2n) is 20.2. The van der Waals surface area contributed by atoms with Gasteiger partial charge in [0.25, 0.3) is 0 Å². The molecule has 0 aliphatic rings. The van der Waals surface area contributed by atoms with E-state index in [1.807, 2.05) is 6.08 Å². The van der Waals surface area contributed by atoms with E-state index in [1.165, 1.54) is 148 Å². The summed E-state index contributed by atoms with van der Waals surface area (Å²) in [6.07, 6.45) is 84.0. The first-order valence-corrected chi connectivity index (χ1v) is 30.9.